The SMILES string of the molecule is c1ccc(N2c3ccccc3B3c4c2cc2sc5ccccc5c2c4-c2cccc4c2n3c2c3cccc5c3n(c42)B2c3ccccc3N(c3ccccc3)c3cc4sc6ccccc6c4c-5c32)cc1. The number of para-hydroxylation sites is 6. The van der Waals surface area contributed by atoms with Crippen LogP contribution < -0.4 is 31.7 Å². The second kappa shape index (κ2) is 12.9. The Morgan fingerprint density at radius 3 is 1.19 bits per heavy atom. The predicted octanol–water partition coefficient (Wildman–Crippen LogP) is 14.3. The van der Waals surface area contributed by atoms with Crippen LogP contribution in [0.5, 0.6) is 0 Å². The maximum atomic E-state index is 2.80. The van der Waals surface area contributed by atoms with Gasteiger partial charge in [-0.15, -0.1) is 22.7 Å². The summed E-state index contributed by atoms with van der Waals surface area (Å²) in [6.45, 7) is -0.166. The molecule has 4 aliphatic rings. The highest BCUT2D eigenvalue weighted by Crippen LogP contribution is 2.55. The fraction of sp³-hybridized carbons (Fsp3) is 0. The number of fused-ring (bicyclic) bond motifs is 21. The van der Waals surface area contributed by atoms with Crippen LogP contribution >= 0.6 is 22.7 Å². The van der Waals surface area contributed by atoms with Crippen molar-refractivity contribution in [1.29, 1.82) is 0 Å². The lowest BCUT2D eigenvalue weighted by atomic mass is 9.44. The molecule has 14 aromatic rings. The van der Waals surface area contributed by atoms with Crippen LogP contribution in [-0.4, -0.2) is 22.7 Å². The van der Waals surface area contributed by atoms with Gasteiger partial charge in [-0.3, -0.25) is 0 Å². The van der Waals surface area contributed by atoms with E-state index in [0.29, 0.717) is 0 Å². The van der Waals surface area contributed by atoms with Gasteiger partial charge in [0, 0.05) is 107 Å². The molecule has 0 fully saturated rings. The van der Waals surface area contributed by atoms with Crippen molar-refractivity contribution in [3.8, 4) is 22.3 Å². The van der Waals surface area contributed by atoms with Gasteiger partial charge in [-0.05, 0) is 93.6 Å². The van der Waals surface area contributed by atoms with Crippen molar-refractivity contribution in [3.63, 3.8) is 0 Å². The Balaban J connectivity index is 1.05. The van der Waals surface area contributed by atoms with Gasteiger partial charge in [-0.25, -0.2) is 0 Å². The van der Waals surface area contributed by atoms with Crippen molar-refractivity contribution in [1.82, 2.24) is 8.96 Å². The summed E-state index contributed by atoms with van der Waals surface area (Å²) in [7, 11) is 0. The number of aromatic nitrogens is 2. The average Bonchev–Trinajstić information content (AvgIpc) is 4.18. The molecule has 4 aromatic heterocycles. The Morgan fingerprint density at radius 2 is 0.714 bits per heavy atom. The fourth-order valence-corrected chi connectivity index (χ4v) is 16.1. The van der Waals surface area contributed by atoms with Gasteiger partial charge in [0.2, 0.25) is 0 Å². The molecule has 8 heteroatoms. The topological polar surface area (TPSA) is 16.3 Å². The summed E-state index contributed by atoms with van der Waals surface area (Å²) in [6, 6.07) is 78.0. The Labute approximate surface area is 410 Å². The van der Waals surface area contributed by atoms with Crippen molar-refractivity contribution in [2.45, 2.75) is 0 Å². The molecule has 10 aromatic carbocycles. The first-order chi connectivity index (χ1) is 34.8. The van der Waals surface area contributed by atoms with E-state index in [-0.39, 0.29) is 13.7 Å². The Bertz CT molecular complexity index is 4400. The summed E-state index contributed by atoms with van der Waals surface area (Å²) in [5.74, 6) is 0. The standard InChI is InChI=1S/C62H34B2N4S2/c1-3-17-35(18-4-1)65-45-29-11-9-27-43(45)63-57-47(65)33-51-53(37-21-7-13-31-49(37)69-51)55(57)39-23-15-25-41-59(39)67(63)61-42-26-16-24-40-56-54-38-22-8-14-32-50(38)70-52(54)34-48-58(56)64(68(60(40)42)62(41)61)44-28-10-12-30-46(44)66(48)36-19-5-2-6-20-36/h1-34H. The number of anilines is 6. The highest BCUT2D eigenvalue weighted by molar-refractivity contribution is 7.26. The lowest BCUT2D eigenvalue weighted by Gasteiger charge is -2.41. The zero-order valence-electron chi connectivity index (χ0n) is 37.4. The first-order valence-electron chi connectivity index (χ1n) is 24.2. The van der Waals surface area contributed by atoms with E-state index in [0.717, 1.165) is 0 Å². The van der Waals surface area contributed by atoms with E-state index in [1.165, 1.54) is 151 Å². The van der Waals surface area contributed by atoms with E-state index in [4.69, 9.17) is 0 Å². The number of thiophene rings is 2. The number of hydrogen-bond acceptors (Lipinski definition) is 4. The summed E-state index contributed by atoms with van der Waals surface area (Å²) in [4.78, 5) is 5.09. The number of rotatable bonds is 2. The van der Waals surface area contributed by atoms with Crippen molar-refractivity contribution in [2.24, 2.45) is 0 Å². The van der Waals surface area contributed by atoms with Crippen molar-refractivity contribution < 1.29 is 0 Å². The molecule has 18 rings (SSSR count). The van der Waals surface area contributed by atoms with Crippen LogP contribution in [0.3, 0.4) is 0 Å². The average molecular weight is 921 g/mol. The summed E-state index contributed by atoms with van der Waals surface area (Å²) < 4.78 is 10.9. The molecule has 4 nitrogen and oxygen atoms in total. The molecule has 0 spiro atoms. The number of benzene rings is 10. The molecule has 0 atom stereocenters. The van der Waals surface area contributed by atoms with E-state index in [9.17, 15) is 0 Å². The minimum atomic E-state index is -0.0831. The normalized spacial score (nSPS) is 13.9. The molecule has 0 radical (unpaired) electrons. The molecule has 0 amide bonds. The van der Waals surface area contributed by atoms with E-state index in [1.54, 1.807) is 0 Å². The van der Waals surface area contributed by atoms with E-state index in [1.807, 2.05) is 22.7 Å². The van der Waals surface area contributed by atoms with Crippen molar-refractivity contribution >= 4 is 166 Å². The Hall–Kier alpha value is -8.29. The molecule has 0 saturated carbocycles. The van der Waals surface area contributed by atoms with Gasteiger partial charge in [-0.2, -0.15) is 0 Å². The molecule has 4 aliphatic heterocycles. The maximum absolute atomic E-state index is 2.80. The van der Waals surface area contributed by atoms with Crippen molar-refractivity contribution in [3.05, 3.63) is 206 Å². The van der Waals surface area contributed by atoms with Gasteiger partial charge in [0.1, 0.15) is 0 Å². The predicted molar refractivity (Wildman–Crippen MR) is 302 cm³/mol. The minimum absolute atomic E-state index is 0.0831. The zero-order valence-corrected chi connectivity index (χ0v) is 39.0. The molecule has 8 heterocycles. The maximum Gasteiger partial charge on any atom is 0.333 e. The second-order valence-corrected chi connectivity index (χ2v) is 21.6. The molecule has 0 aliphatic carbocycles. The largest absolute Gasteiger partial charge is 0.374 e. The molecule has 0 saturated heterocycles. The van der Waals surface area contributed by atoms with Gasteiger partial charge in [-0.1, -0.05) is 146 Å². The third-order valence-electron chi connectivity index (χ3n) is 16.2. The molecule has 0 unspecified atom stereocenters. The van der Waals surface area contributed by atoms with Gasteiger partial charge in [0.15, 0.2) is 0 Å². The number of hydrogen-bond donors (Lipinski definition) is 0. The Kier molecular flexibility index (Phi) is 6.75. The monoisotopic (exact) mass is 920 g/mol. The van der Waals surface area contributed by atoms with Crippen LogP contribution in [-0.2, 0) is 0 Å². The molecule has 320 valence electrons. The van der Waals surface area contributed by atoms with E-state index < -0.39 is 0 Å². The lowest BCUT2D eigenvalue weighted by molar-refractivity contribution is 1.26. The summed E-state index contributed by atoms with van der Waals surface area (Å²) >= 11 is 3.84. The molecule has 0 N–H and O–H groups in total. The first kappa shape index (κ1) is 36.7. The highest BCUT2D eigenvalue weighted by atomic mass is 32.1. The summed E-state index contributed by atoms with van der Waals surface area (Å²) in [6.07, 6.45) is 0. The van der Waals surface area contributed by atoms with Crippen LogP contribution in [0.15, 0.2) is 206 Å². The fourth-order valence-electron chi connectivity index (χ4n) is 13.8. The Morgan fingerprint density at radius 1 is 0.314 bits per heavy atom. The highest BCUT2D eigenvalue weighted by Gasteiger charge is 2.48. The second-order valence-electron chi connectivity index (χ2n) is 19.4. The summed E-state index contributed by atoms with van der Waals surface area (Å²) in [5, 5.41) is 8.00. The van der Waals surface area contributed by atoms with E-state index >= 15 is 0 Å². The van der Waals surface area contributed by atoms with Crippen LogP contribution in [0.2, 0.25) is 0 Å². The van der Waals surface area contributed by atoms with Gasteiger partial charge in [0.05, 0.1) is 11.0 Å². The molecular weight excluding hydrogens is 886 g/mol. The smallest absolute Gasteiger partial charge is 0.333 e. The van der Waals surface area contributed by atoms with Gasteiger partial charge < -0.3 is 18.8 Å². The third kappa shape index (κ3) is 4.26. The third-order valence-corrected chi connectivity index (χ3v) is 18.4. The molecular formula is C62H34B2N4S2. The first-order valence-corrected chi connectivity index (χ1v) is 25.9. The van der Waals surface area contributed by atoms with Crippen molar-refractivity contribution in [2.75, 3.05) is 9.80 Å². The van der Waals surface area contributed by atoms with Gasteiger partial charge >= 0.3 is 13.7 Å². The minimum Gasteiger partial charge on any atom is -0.374 e. The molecule has 0 bridgehead atoms. The number of nitrogens with zero attached hydrogens (tertiary/aromatic N) is 4. The lowest BCUT2D eigenvalue weighted by Crippen LogP contribution is -2.56. The summed E-state index contributed by atoms with van der Waals surface area (Å²) in [5.41, 5.74) is 23.3. The molecule has 70 heavy (non-hydrogen) atoms. The van der Waals surface area contributed by atoms with E-state index in [2.05, 4.69) is 225 Å². The van der Waals surface area contributed by atoms with Gasteiger partial charge in [0.25, 0.3) is 0 Å². The van der Waals surface area contributed by atoms with Crippen LogP contribution in [0, 0.1) is 0 Å². The van der Waals surface area contributed by atoms with Crippen LogP contribution in [0.1, 0.15) is 0 Å². The van der Waals surface area contributed by atoms with Crippen LogP contribution in [0.25, 0.3) is 95.4 Å². The zero-order chi connectivity index (χ0) is 45.1. The quantitative estimate of drug-likeness (QED) is 0.161. The van der Waals surface area contributed by atoms with Crippen LogP contribution in [0.4, 0.5) is 34.1 Å².